The summed E-state index contributed by atoms with van der Waals surface area (Å²) in [5, 5.41) is 1.73. The van der Waals surface area contributed by atoms with Gasteiger partial charge in [-0.2, -0.15) is 0 Å². The molecule has 2 heterocycles. The number of halogens is 1. The van der Waals surface area contributed by atoms with Gasteiger partial charge in [-0.05, 0) is 68.2 Å². The zero-order chi connectivity index (χ0) is 21.8. The molecule has 166 valence electrons. The van der Waals surface area contributed by atoms with E-state index in [0.717, 1.165) is 54.5 Å². The number of aryl methyl sites for hydroxylation is 1. The highest BCUT2D eigenvalue weighted by Gasteiger charge is 2.28. The van der Waals surface area contributed by atoms with Crippen molar-refractivity contribution in [3.63, 3.8) is 0 Å². The maximum absolute atomic E-state index is 12.6. The van der Waals surface area contributed by atoms with Crippen molar-refractivity contribution in [1.82, 2.24) is 15.0 Å². The highest BCUT2D eigenvalue weighted by molar-refractivity contribution is 7.91. The van der Waals surface area contributed by atoms with Crippen LogP contribution in [-0.4, -0.2) is 48.0 Å². The van der Waals surface area contributed by atoms with Gasteiger partial charge in [-0.1, -0.05) is 23.7 Å². The Morgan fingerprint density at radius 1 is 1.10 bits per heavy atom. The summed E-state index contributed by atoms with van der Waals surface area (Å²) in [5.41, 5.74) is 1.97. The first-order valence-electron chi connectivity index (χ1n) is 10.9. The number of nitrogens with one attached hydrogen (secondary N) is 1. The number of H-pyrrole nitrogens is 1. The Kier molecular flexibility index (Phi) is 6.82. The third-order valence-electron chi connectivity index (χ3n) is 6.35. The summed E-state index contributed by atoms with van der Waals surface area (Å²) in [6.07, 6.45) is 8.73. The van der Waals surface area contributed by atoms with E-state index in [1.165, 1.54) is 0 Å². The van der Waals surface area contributed by atoms with Crippen LogP contribution in [0.3, 0.4) is 0 Å². The third kappa shape index (κ3) is 5.57. The van der Waals surface area contributed by atoms with E-state index >= 15 is 0 Å². The predicted molar refractivity (Wildman–Crippen MR) is 126 cm³/mol. The molecular weight excluding hydrogens is 432 g/mol. The number of aromatic amines is 1. The lowest BCUT2D eigenvalue weighted by atomic mass is 9.86. The monoisotopic (exact) mass is 460 g/mol. The molecule has 1 aliphatic rings. The Hall–Kier alpha value is -2.12. The zero-order valence-corrected chi connectivity index (χ0v) is 19.4. The van der Waals surface area contributed by atoms with E-state index in [4.69, 9.17) is 11.6 Å². The van der Waals surface area contributed by atoms with Crippen molar-refractivity contribution < 1.29 is 8.42 Å². The van der Waals surface area contributed by atoms with Gasteiger partial charge >= 0.3 is 0 Å². The molecule has 2 aromatic heterocycles. The standard InChI is InChI=1S/C23H29ClN4O2S/c1-28(23-21-12-13-25-22(21)26-16-27-23)20-10-6-18(7-11-20)15-31(29,30)14-2-3-17-4-8-19(24)9-5-17/h4-5,8-9,12-13,16,18,20H,2-3,6-7,10-11,14-15H2,1H3,(H,25,26,27). The molecule has 1 fully saturated rings. The molecule has 4 rings (SSSR count). The van der Waals surface area contributed by atoms with Gasteiger partial charge < -0.3 is 9.88 Å². The van der Waals surface area contributed by atoms with Crippen LogP contribution in [0.4, 0.5) is 5.82 Å². The first-order chi connectivity index (χ1) is 14.9. The summed E-state index contributed by atoms with van der Waals surface area (Å²) < 4.78 is 25.3. The van der Waals surface area contributed by atoms with Crippen LogP contribution in [0.25, 0.3) is 11.0 Å². The predicted octanol–water partition coefficient (Wildman–Crippen LogP) is 4.65. The molecule has 8 heteroatoms. The van der Waals surface area contributed by atoms with E-state index in [2.05, 4.69) is 26.9 Å². The van der Waals surface area contributed by atoms with Crippen molar-refractivity contribution in [1.29, 1.82) is 0 Å². The van der Waals surface area contributed by atoms with Crippen molar-refractivity contribution in [3.8, 4) is 0 Å². The summed E-state index contributed by atoms with van der Waals surface area (Å²) in [6.45, 7) is 0. The zero-order valence-electron chi connectivity index (χ0n) is 17.8. The largest absolute Gasteiger partial charge is 0.356 e. The second-order valence-electron chi connectivity index (χ2n) is 8.57. The van der Waals surface area contributed by atoms with Crippen molar-refractivity contribution in [2.45, 2.75) is 44.6 Å². The molecule has 0 atom stereocenters. The number of sulfone groups is 1. The van der Waals surface area contributed by atoms with E-state index in [0.29, 0.717) is 23.2 Å². The van der Waals surface area contributed by atoms with Crippen molar-refractivity contribution in [3.05, 3.63) is 53.4 Å². The van der Waals surface area contributed by atoms with Crippen molar-refractivity contribution in [2.75, 3.05) is 23.5 Å². The molecule has 1 N–H and O–H groups in total. The van der Waals surface area contributed by atoms with E-state index in [-0.39, 0.29) is 11.7 Å². The molecule has 1 aliphatic carbocycles. The van der Waals surface area contributed by atoms with E-state index in [1.54, 1.807) is 6.33 Å². The number of hydrogen-bond donors (Lipinski definition) is 1. The van der Waals surface area contributed by atoms with Gasteiger partial charge in [-0.3, -0.25) is 0 Å². The Morgan fingerprint density at radius 3 is 2.58 bits per heavy atom. The van der Waals surface area contributed by atoms with Gasteiger partial charge in [0, 0.05) is 24.3 Å². The van der Waals surface area contributed by atoms with Gasteiger partial charge in [0.2, 0.25) is 0 Å². The van der Waals surface area contributed by atoms with Crippen LogP contribution >= 0.6 is 11.6 Å². The number of benzene rings is 1. The Labute approximate surface area is 189 Å². The second-order valence-corrected chi connectivity index (χ2v) is 11.2. The summed E-state index contributed by atoms with van der Waals surface area (Å²) in [5.74, 6) is 1.74. The smallest absolute Gasteiger partial charge is 0.150 e. The van der Waals surface area contributed by atoms with Crippen LogP contribution in [0.15, 0.2) is 42.9 Å². The molecule has 0 aliphatic heterocycles. The normalized spacial score (nSPS) is 19.5. The Morgan fingerprint density at radius 2 is 1.84 bits per heavy atom. The number of nitrogens with zero attached hydrogens (tertiary/aromatic N) is 3. The molecule has 0 amide bonds. The number of rotatable bonds is 8. The third-order valence-corrected chi connectivity index (χ3v) is 8.50. The molecule has 6 nitrogen and oxygen atoms in total. The summed E-state index contributed by atoms with van der Waals surface area (Å²) in [4.78, 5) is 14.1. The van der Waals surface area contributed by atoms with Crippen LogP contribution in [0.1, 0.15) is 37.7 Å². The molecule has 0 spiro atoms. The minimum atomic E-state index is -3.04. The van der Waals surface area contributed by atoms with Crippen molar-refractivity contribution >= 4 is 38.3 Å². The van der Waals surface area contributed by atoms with E-state index < -0.39 is 9.84 Å². The van der Waals surface area contributed by atoms with Crippen LogP contribution in [0.2, 0.25) is 5.02 Å². The molecule has 1 aromatic carbocycles. The molecule has 0 radical (unpaired) electrons. The Bertz CT molecular complexity index is 1110. The van der Waals surface area contributed by atoms with Gasteiger partial charge in [0.25, 0.3) is 0 Å². The maximum Gasteiger partial charge on any atom is 0.150 e. The minimum Gasteiger partial charge on any atom is -0.356 e. The van der Waals surface area contributed by atoms with E-state index in [9.17, 15) is 8.42 Å². The Balaban J connectivity index is 1.26. The molecule has 0 bridgehead atoms. The topological polar surface area (TPSA) is 79.0 Å². The minimum absolute atomic E-state index is 0.252. The molecule has 0 unspecified atom stereocenters. The van der Waals surface area contributed by atoms with Gasteiger partial charge in [0.15, 0.2) is 9.84 Å². The lowest BCUT2D eigenvalue weighted by molar-refractivity contribution is 0.340. The van der Waals surface area contributed by atoms with Crippen LogP contribution < -0.4 is 4.90 Å². The van der Waals surface area contributed by atoms with Crippen LogP contribution in [-0.2, 0) is 16.3 Å². The van der Waals surface area contributed by atoms with E-state index in [1.807, 2.05) is 36.5 Å². The summed E-state index contributed by atoms with van der Waals surface area (Å²) >= 11 is 5.91. The second kappa shape index (κ2) is 9.57. The highest BCUT2D eigenvalue weighted by Crippen LogP contribution is 2.32. The lowest BCUT2D eigenvalue weighted by Gasteiger charge is -2.35. The summed E-state index contributed by atoms with van der Waals surface area (Å²) in [7, 11) is -0.958. The quantitative estimate of drug-likeness (QED) is 0.529. The molecular formula is C23H29ClN4O2S. The number of anilines is 1. The van der Waals surface area contributed by atoms with Crippen LogP contribution in [0, 0.1) is 5.92 Å². The SMILES string of the molecule is CN(c1ncnc2[nH]ccc12)C1CCC(CS(=O)(=O)CCCc2ccc(Cl)cc2)CC1. The lowest BCUT2D eigenvalue weighted by Crippen LogP contribution is -2.37. The fraction of sp³-hybridized carbons (Fsp3) is 0.478. The first-order valence-corrected chi connectivity index (χ1v) is 13.1. The molecule has 31 heavy (non-hydrogen) atoms. The van der Waals surface area contributed by atoms with Gasteiger partial charge in [-0.15, -0.1) is 0 Å². The van der Waals surface area contributed by atoms with Gasteiger partial charge in [0.05, 0.1) is 16.9 Å². The van der Waals surface area contributed by atoms with Crippen molar-refractivity contribution in [2.24, 2.45) is 5.92 Å². The molecule has 3 aromatic rings. The van der Waals surface area contributed by atoms with Crippen LogP contribution in [0.5, 0.6) is 0 Å². The van der Waals surface area contributed by atoms with Gasteiger partial charge in [-0.25, -0.2) is 18.4 Å². The maximum atomic E-state index is 12.6. The highest BCUT2D eigenvalue weighted by atomic mass is 35.5. The summed E-state index contributed by atoms with van der Waals surface area (Å²) in [6, 6.07) is 10.0. The number of aromatic nitrogens is 3. The number of hydrogen-bond acceptors (Lipinski definition) is 5. The fourth-order valence-corrected chi connectivity index (χ4v) is 6.53. The van der Waals surface area contributed by atoms with Gasteiger partial charge in [0.1, 0.15) is 17.8 Å². The average molecular weight is 461 g/mol. The number of fused-ring (bicyclic) bond motifs is 1. The fourth-order valence-electron chi connectivity index (χ4n) is 4.60. The molecule has 0 saturated heterocycles. The average Bonchev–Trinajstić information content (AvgIpc) is 3.24. The first kappa shape index (κ1) is 22.1. The molecule has 1 saturated carbocycles.